The van der Waals surface area contributed by atoms with Crippen LogP contribution in [0.5, 0.6) is 11.5 Å². The van der Waals surface area contributed by atoms with Crippen molar-refractivity contribution in [2.45, 2.75) is 26.3 Å². The Balaban J connectivity index is 1.94. The van der Waals surface area contributed by atoms with E-state index in [1.54, 1.807) is 7.11 Å². The van der Waals surface area contributed by atoms with Crippen LogP contribution in [-0.4, -0.2) is 31.8 Å². The van der Waals surface area contributed by atoms with E-state index in [4.69, 9.17) is 9.47 Å². The first-order valence-corrected chi connectivity index (χ1v) is 9.47. The van der Waals surface area contributed by atoms with Crippen LogP contribution in [0, 0.1) is 5.92 Å². The lowest BCUT2D eigenvalue weighted by molar-refractivity contribution is 0.292. The summed E-state index contributed by atoms with van der Waals surface area (Å²) in [5.74, 6) is 5.03. The molecule has 0 spiro atoms. The van der Waals surface area contributed by atoms with Crippen molar-refractivity contribution in [3.63, 3.8) is 0 Å². The predicted molar refractivity (Wildman–Crippen MR) is 93.6 cm³/mol. The van der Waals surface area contributed by atoms with Crippen LogP contribution in [0.2, 0.25) is 0 Å². The lowest BCUT2D eigenvalue weighted by Gasteiger charge is -2.15. The topological polar surface area (TPSA) is 30.5 Å². The van der Waals surface area contributed by atoms with Gasteiger partial charge in [0.25, 0.3) is 0 Å². The highest BCUT2D eigenvalue weighted by Crippen LogP contribution is 2.36. The third-order valence-electron chi connectivity index (χ3n) is 3.53. The molecule has 5 heteroatoms. The number of thioether (sulfide) groups is 1. The molecule has 0 aromatic heterocycles. The van der Waals surface area contributed by atoms with Crippen molar-refractivity contribution in [1.82, 2.24) is 5.32 Å². The van der Waals surface area contributed by atoms with Gasteiger partial charge in [-0.3, -0.25) is 0 Å². The first-order chi connectivity index (χ1) is 10.2. The molecule has 1 unspecified atom stereocenters. The number of hydrogen-bond acceptors (Lipinski definition) is 4. The maximum atomic E-state index is 5.75. The van der Waals surface area contributed by atoms with E-state index in [-0.39, 0.29) is 0 Å². The van der Waals surface area contributed by atoms with Crippen LogP contribution >= 0.6 is 27.7 Å². The quantitative estimate of drug-likeness (QED) is 0.743. The van der Waals surface area contributed by atoms with Gasteiger partial charge in [0.15, 0.2) is 11.5 Å². The van der Waals surface area contributed by atoms with Gasteiger partial charge >= 0.3 is 0 Å². The van der Waals surface area contributed by atoms with Crippen molar-refractivity contribution < 1.29 is 9.47 Å². The summed E-state index contributed by atoms with van der Waals surface area (Å²) >= 11 is 5.65. The molecule has 1 N–H and O–H groups in total. The molecule has 1 saturated heterocycles. The molecule has 0 bridgehead atoms. The van der Waals surface area contributed by atoms with Crippen LogP contribution in [0.4, 0.5) is 0 Å². The fourth-order valence-corrected chi connectivity index (χ4v) is 4.27. The average Bonchev–Trinajstić information content (AvgIpc) is 2.99. The minimum absolute atomic E-state index is 0.700. The molecule has 1 fully saturated rings. The number of rotatable bonds is 8. The molecule has 1 aliphatic rings. The molecule has 3 nitrogen and oxygen atoms in total. The van der Waals surface area contributed by atoms with Gasteiger partial charge in [0, 0.05) is 6.54 Å². The molecule has 1 atom stereocenters. The van der Waals surface area contributed by atoms with Crippen LogP contribution in [0.3, 0.4) is 0 Å². The zero-order valence-corrected chi connectivity index (χ0v) is 15.2. The van der Waals surface area contributed by atoms with Gasteiger partial charge < -0.3 is 14.8 Å². The molecule has 1 aromatic rings. The SMILES string of the molecule is CCCOc1c(Br)cc(CNCC2CCSC2)cc1OC. The number of halogens is 1. The Morgan fingerprint density at radius 2 is 2.29 bits per heavy atom. The maximum absolute atomic E-state index is 5.75. The molecule has 1 aliphatic heterocycles. The smallest absolute Gasteiger partial charge is 0.175 e. The van der Waals surface area contributed by atoms with Crippen molar-refractivity contribution in [2.75, 3.05) is 31.8 Å². The standard InChI is InChI=1S/C16H24BrNO2S/c1-3-5-20-16-14(17)7-13(8-15(16)19-2)10-18-9-12-4-6-21-11-12/h7-8,12,18H,3-6,9-11H2,1-2H3. The number of nitrogens with one attached hydrogen (secondary N) is 1. The first kappa shape index (κ1) is 17.0. The second-order valence-electron chi connectivity index (χ2n) is 5.32. The Morgan fingerprint density at radius 3 is 2.95 bits per heavy atom. The Bertz CT molecular complexity index is 450. The van der Waals surface area contributed by atoms with Gasteiger partial charge in [-0.15, -0.1) is 0 Å². The molecule has 0 saturated carbocycles. The lowest BCUT2D eigenvalue weighted by atomic mass is 10.1. The van der Waals surface area contributed by atoms with E-state index in [2.05, 4.69) is 52.1 Å². The van der Waals surface area contributed by atoms with Gasteiger partial charge in [-0.1, -0.05) is 6.92 Å². The van der Waals surface area contributed by atoms with Gasteiger partial charge in [-0.25, -0.2) is 0 Å². The van der Waals surface area contributed by atoms with E-state index in [9.17, 15) is 0 Å². The third kappa shape index (κ3) is 5.08. The van der Waals surface area contributed by atoms with Crippen molar-refractivity contribution in [3.05, 3.63) is 22.2 Å². The molecule has 1 aromatic carbocycles. The minimum atomic E-state index is 0.700. The minimum Gasteiger partial charge on any atom is -0.493 e. The van der Waals surface area contributed by atoms with E-state index >= 15 is 0 Å². The maximum Gasteiger partial charge on any atom is 0.175 e. The average molecular weight is 374 g/mol. The lowest BCUT2D eigenvalue weighted by Crippen LogP contribution is -2.22. The van der Waals surface area contributed by atoms with Gasteiger partial charge in [0.2, 0.25) is 0 Å². The molecular weight excluding hydrogens is 350 g/mol. The van der Waals surface area contributed by atoms with E-state index < -0.39 is 0 Å². The second kappa shape index (κ2) is 8.91. The van der Waals surface area contributed by atoms with E-state index in [1.807, 2.05) is 0 Å². The molecule has 118 valence electrons. The molecule has 0 radical (unpaired) electrons. The highest BCUT2D eigenvalue weighted by atomic mass is 79.9. The molecule has 21 heavy (non-hydrogen) atoms. The van der Waals surface area contributed by atoms with Crippen LogP contribution < -0.4 is 14.8 Å². The Morgan fingerprint density at radius 1 is 1.43 bits per heavy atom. The number of hydrogen-bond donors (Lipinski definition) is 1. The van der Waals surface area contributed by atoms with Gasteiger partial charge in [0.1, 0.15) is 0 Å². The summed E-state index contributed by atoms with van der Waals surface area (Å²) < 4.78 is 12.2. The zero-order chi connectivity index (χ0) is 15.1. The fourth-order valence-electron chi connectivity index (χ4n) is 2.38. The molecular formula is C16H24BrNO2S. The summed E-state index contributed by atoms with van der Waals surface area (Å²) in [6.07, 6.45) is 2.33. The van der Waals surface area contributed by atoms with E-state index in [0.29, 0.717) is 6.61 Å². The Kier molecular flexibility index (Phi) is 7.20. The van der Waals surface area contributed by atoms with Gasteiger partial charge in [-0.2, -0.15) is 11.8 Å². The summed E-state index contributed by atoms with van der Waals surface area (Å²) in [6.45, 7) is 4.76. The highest BCUT2D eigenvalue weighted by Gasteiger charge is 2.15. The second-order valence-corrected chi connectivity index (χ2v) is 7.32. The highest BCUT2D eigenvalue weighted by molar-refractivity contribution is 9.10. The largest absolute Gasteiger partial charge is 0.493 e. The van der Waals surface area contributed by atoms with Gasteiger partial charge in [0.05, 0.1) is 18.2 Å². The summed E-state index contributed by atoms with van der Waals surface area (Å²) in [4.78, 5) is 0. The third-order valence-corrected chi connectivity index (χ3v) is 5.35. The number of methoxy groups -OCH3 is 1. The fraction of sp³-hybridized carbons (Fsp3) is 0.625. The summed E-state index contributed by atoms with van der Waals surface area (Å²) in [7, 11) is 1.69. The van der Waals surface area contributed by atoms with Crippen molar-refractivity contribution in [1.29, 1.82) is 0 Å². The van der Waals surface area contributed by atoms with Gasteiger partial charge in [-0.05, 0) is 70.4 Å². The first-order valence-electron chi connectivity index (χ1n) is 7.52. The molecule has 2 rings (SSSR count). The summed E-state index contributed by atoms with van der Waals surface area (Å²) in [5, 5.41) is 3.55. The Hall–Kier alpha value is -0.390. The van der Waals surface area contributed by atoms with Crippen LogP contribution in [0.15, 0.2) is 16.6 Å². The summed E-state index contributed by atoms with van der Waals surface area (Å²) in [6, 6.07) is 4.18. The van der Waals surface area contributed by atoms with Crippen molar-refractivity contribution in [2.24, 2.45) is 5.92 Å². The zero-order valence-electron chi connectivity index (χ0n) is 12.8. The Labute approximate surface area is 140 Å². The van der Waals surface area contributed by atoms with Crippen molar-refractivity contribution in [3.8, 4) is 11.5 Å². The molecule has 0 amide bonds. The summed E-state index contributed by atoms with van der Waals surface area (Å²) in [5.41, 5.74) is 1.22. The predicted octanol–water partition coefficient (Wildman–Crippen LogP) is 4.09. The number of benzene rings is 1. The van der Waals surface area contributed by atoms with E-state index in [1.165, 1.54) is 23.5 Å². The molecule has 0 aliphatic carbocycles. The van der Waals surface area contributed by atoms with Crippen LogP contribution in [0.25, 0.3) is 0 Å². The van der Waals surface area contributed by atoms with Crippen LogP contribution in [-0.2, 0) is 6.54 Å². The normalized spacial score (nSPS) is 18.0. The van der Waals surface area contributed by atoms with Crippen LogP contribution in [0.1, 0.15) is 25.3 Å². The molecule has 1 heterocycles. The number of ether oxygens (including phenoxy) is 2. The van der Waals surface area contributed by atoms with Crippen molar-refractivity contribution >= 4 is 27.7 Å². The monoisotopic (exact) mass is 373 g/mol. The van der Waals surface area contributed by atoms with E-state index in [0.717, 1.165) is 41.4 Å².